The van der Waals surface area contributed by atoms with E-state index in [1.54, 1.807) is 6.20 Å². The maximum Gasteiger partial charge on any atom is 0.282 e. The second-order valence-electron chi connectivity index (χ2n) is 6.50. The van der Waals surface area contributed by atoms with Crippen molar-refractivity contribution in [2.75, 3.05) is 11.9 Å². The minimum atomic E-state index is -0.215. The Labute approximate surface area is 157 Å². The number of aryl methyl sites for hydroxylation is 1. The zero-order chi connectivity index (χ0) is 18.6. The molecule has 1 aliphatic heterocycles. The lowest BCUT2D eigenvalue weighted by Gasteiger charge is -2.09. The number of carbonyl (C=O) groups excluding carboxylic acids is 1. The first-order chi connectivity index (χ1) is 13.2. The number of nitrogens with zero attached hydrogens (tertiary/aromatic N) is 2. The zero-order valence-electron chi connectivity index (χ0n) is 14.8. The fraction of sp³-hybridized carbons (Fsp3) is 0.190. The van der Waals surface area contributed by atoms with Gasteiger partial charge in [0.1, 0.15) is 12.3 Å². The summed E-state index contributed by atoms with van der Waals surface area (Å²) in [5, 5.41) is 4.75. The average Bonchev–Trinajstić information content (AvgIpc) is 3.12. The second kappa shape index (κ2) is 7.45. The van der Waals surface area contributed by atoms with E-state index in [2.05, 4.69) is 15.3 Å². The van der Waals surface area contributed by atoms with Crippen LogP contribution in [-0.2, 0) is 11.2 Å². The molecule has 6 heteroatoms. The lowest BCUT2D eigenvalue weighted by atomic mass is 10.1. The molecule has 0 saturated carbocycles. The number of pyridine rings is 1. The van der Waals surface area contributed by atoms with Crippen molar-refractivity contribution in [2.24, 2.45) is 10.7 Å². The van der Waals surface area contributed by atoms with Gasteiger partial charge < -0.3 is 15.8 Å². The number of amides is 1. The first kappa shape index (κ1) is 17.0. The minimum Gasteiger partial charge on any atom is -0.463 e. The molecule has 1 atom stereocenters. The minimum absolute atomic E-state index is 0.127. The lowest BCUT2D eigenvalue weighted by molar-refractivity contribution is 0.102. The molecule has 6 nitrogen and oxygen atoms in total. The summed E-state index contributed by atoms with van der Waals surface area (Å²) in [7, 11) is 0. The van der Waals surface area contributed by atoms with E-state index in [0.717, 1.165) is 29.3 Å². The quantitative estimate of drug-likeness (QED) is 0.731. The molecule has 4 rings (SSSR count). The topological polar surface area (TPSA) is 89.6 Å². The molecule has 0 bridgehead atoms. The van der Waals surface area contributed by atoms with Crippen molar-refractivity contribution in [1.29, 1.82) is 0 Å². The van der Waals surface area contributed by atoms with Gasteiger partial charge in [-0.1, -0.05) is 36.4 Å². The molecule has 136 valence electrons. The molecule has 0 fully saturated rings. The molecule has 0 spiro atoms. The molecule has 0 saturated heterocycles. The van der Waals surface area contributed by atoms with E-state index < -0.39 is 0 Å². The van der Waals surface area contributed by atoms with E-state index in [9.17, 15) is 4.79 Å². The number of hydrogen-bond donors (Lipinski definition) is 2. The number of anilines is 1. The molecule has 1 aliphatic rings. The van der Waals surface area contributed by atoms with E-state index in [1.807, 2.05) is 54.6 Å². The Morgan fingerprint density at radius 3 is 2.74 bits per heavy atom. The summed E-state index contributed by atoms with van der Waals surface area (Å²) in [6, 6.07) is 17.8. The largest absolute Gasteiger partial charge is 0.463 e. The van der Waals surface area contributed by atoms with Crippen LogP contribution in [0, 0.1) is 0 Å². The van der Waals surface area contributed by atoms with Gasteiger partial charge in [0.05, 0.1) is 6.04 Å². The smallest absolute Gasteiger partial charge is 0.282 e. The first-order valence-electron chi connectivity index (χ1n) is 8.89. The number of aliphatic imine (C=N–C) groups is 1. The molecule has 27 heavy (non-hydrogen) atoms. The van der Waals surface area contributed by atoms with E-state index in [-0.39, 0.29) is 18.0 Å². The molecule has 0 aliphatic carbocycles. The van der Waals surface area contributed by atoms with Crippen molar-refractivity contribution in [2.45, 2.75) is 18.9 Å². The average molecular weight is 360 g/mol. The monoisotopic (exact) mass is 360 g/mol. The highest BCUT2D eigenvalue weighted by atomic mass is 16.5. The van der Waals surface area contributed by atoms with Gasteiger partial charge in [-0.15, -0.1) is 0 Å². The highest BCUT2D eigenvalue weighted by Gasteiger charge is 2.16. The number of rotatable bonds is 5. The van der Waals surface area contributed by atoms with Crippen LogP contribution in [0.25, 0.3) is 10.8 Å². The van der Waals surface area contributed by atoms with Crippen LogP contribution in [-0.4, -0.2) is 29.6 Å². The van der Waals surface area contributed by atoms with Gasteiger partial charge in [0.15, 0.2) is 0 Å². The Kier molecular flexibility index (Phi) is 4.70. The summed E-state index contributed by atoms with van der Waals surface area (Å²) in [5.74, 6) is -0.215. The summed E-state index contributed by atoms with van der Waals surface area (Å²) in [6.07, 6.45) is 3.42. The number of ether oxygens (including phenoxy) is 1. The number of hydrogen-bond acceptors (Lipinski definition) is 5. The Balaban J connectivity index is 1.41. The fourth-order valence-corrected chi connectivity index (χ4v) is 3.16. The van der Waals surface area contributed by atoms with Crippen molar-refractivity contribution < 1.29 is 9.53 Å². The van der Waals surface area contributed by atoms with Crippen LogP contribution in [0.15, 0.2) is 65.8 Å². The van der Waals surface area contributed by atoms with Gasteiger partial charge in [0.2, 0.25) is 0 Å². The van der Waals surface area contributed by atoms with Gasteiger partial charge in [0.25, 0.3) is 11.9 Å². The molecule has 3 N–H and O–H groups in total. The molecule has 3 aromatic rings. The Morgan fingerprint density at radius 2 is 1.96 bits per heavy atom. The molecule has 1 unspecified atom stereocenters. The summed E-state index contributed by atoms with van der Waals surface area (Å²) in [5.41, 5.74) is 7.87. The Hall–Kier alpha value is -3.41. The van der Waals surface area contributed by atoms with Crippen molar-refractivity contribution in [3.8, 4) is 0 Å². The molecule has 0 radical (unpaired) electrons. The van der Waals surface area contributed by atoms with E-state index >= 15 is 0 Å². The highest BCUT2D eigenvalue weighted by Crippen LogP contribution is 2.19. The highest BCUT2D eigenvalue weighted by molar-refractivity contribution is 6.11. The van der Waals surface area contributed by atoms with Crippen LogP contribution in [0.3, 0.4) is 0 Å². The SMILES string of the molecule is NC1=NC(CCc2ccc(NC(=O)c3nccc4ccccc34)cc2)CO1. The summed E-state index contributed by atoms with van der Waals surface area (Å²) >= 11 is 0. The van der Waals surface area contributed by atoms with Crippen LogP contribution in [0.2, 0.25) is 0 Å². The molecule has 2 aromatic carbocycles. The van der Waals surface area contributed by atoms with Crippen LogP contribution in [0.5, 0.6) is 0 Å². The second-order valence-corrected chi connectivity index (χ2v) is 6.50. The standard InChI is InChI=1S/C21H20N4O2/c22-21-25-17(13-27-21)10-7-14-5-8-16(9-6-14)24-20(26)19-18-4-2-1-3-15(18)11-12-23-19/h1-6,8-9,11-12,17H,7,10,13H2,(H2,22,25)(H,24,26). The number of amidine groups is 1. The number of aromatic nitrogens is 1. The van der Waals surface area contributed by atoms with Crippen molar-refractivity contribution in [3.63, 3.8) is 0 Å². The Bertz CT molecular complexity index is 993. The van der Waals surface area contributed by atoms with Gasteiger partial charge in [-0.05, 0) is 42.0 Å². The van der Waals surface area contributed by atoms with Crippen LogP contribution in [0.1, 0.15) is 22.5 Å². The molecular formula is C21H20N4O2. The van der Waals surface area contributed by atoms with Gasteiger partial charge in [0, 0.05) is 17.3 Å². The summed E-state index contributed by atoms with van der Waals surface area (Å²) in [4.78, 5) is 21.1. The summed E-state index contributed by atoms with van der Waals surface area (Å²) in [6.45, 7) is 0.554. The van der Waals surface area contributed by atoms with Crippen LogP contribution < -0.4 is 11.1 Å². The van der Waals surface area contributed by atoms with E-state index in [1.165, 1.54) is 5.56 Å². The lowest BCUT2D eigenvalue weighted by Crippen LogP contribution is -2.14. The fourth-order valence-electron chi connectivity index (χ4n) is 3.16. The van der Waals surface area contributed by atoms with Gasteiger partial charge in [-0.25, -0.2) is 4.99 Å². The third-order valence-electron chi connectivity index (χ3n) is 4.60. The molecule has 1 aromatic heterocycles. The van der Waals surface area contributed by atoms with Crippen LogP contribution >= 0.6 is 0 Å². The molecule has 2 heterocycles. The van der Waals surface area contributed by atoms with Gasteiger partial charge in [-0.3, -0.25) is 9.78 Å². The number of benzene rings is 2. The predicted octanol–water partition coefficient (Wildman–Crippen LogP) is 3.13. The third-order valence-corrected chi connectivity index (χ3v) is 4.60. The van der Waals surface area contributed by atoms with Gasteiger partial charge >= 0.3 is 0 Å². The normalized spacial score (nSPS) is 16.0. The zero-order valence-corrected chi connectivity index (χ0v) is 14.8. The maximum atomic E-state index is 12.6. The van der Waals surface area contributed by atoms with E-state index in [0.29, 0.717) is 12.3 Å². The Morgan fingerprint density at radius 1 is 1.15 bits per heavy atom. The number of fused-ring (bicyclic) bond motifs is 1. The predicted molar refractivity (Wildman–Crippen MR) is 106 cm³/mol. The van der Waals surface area contributed by atoms with Gasteiger partial charge in [-0.2, -0.15) is 0 Å². The van der Waals surface area contributed by atoms with Crippen LogP contribution in [0.4, 0.5) is 5.69 Å². The van der Waals surface area contributed by atoms with Crippen molar-refractivity contribution in [3.05, 3.63) is 72.1 Å². The molecule has 1 amide bonds. The van der Waals surface area contributed by atoms with E-state index in [4.69, 9.17) is 10.5 Å². The van der Waals surface area contributed by atoms with Crippen molar-refractivity contribution >= 4 is 28.4 Å². The maximum absolute atomic E-state index is 12.6. The first-order valence-corrected chi connectivity index (χ1v) is 8.89. The summed E-state index contributed by atoms with van der Waals surface area (Å²) < 4.78 is 5.16. The molecular weight excluding hydrogens is 340 g/mol. The number of nitrogens with one attached hydrogen (secondary N) is 1. The van der Waals surface area contributed by atoms with Crippen molar-refractivity contribution in [1.82, 2.24) is 4.98 Å². The number of nitrogens with two attached hydrogens (primary N) is 1. The third kappa shape index (κ3) is 3.89. The number of carbonyl (C=O) groups is 1.